The lowest BCUT2D eigenvalue weighted by atomic mass is 9.93. The molecule has 0 N–H and O–H groups in total. The highest BCUT2D eigenvalue weighted by molar-refractivity contribution is 6.90. The minimum absolute atomic E-state index is 0.0669. The van der Waals surface area contributed by atoms with Crippen LogP contribution in [0.25, 0.3) is 5.20 Å². The van der Waals surface area contributed by atoms with Crippen molar-refractivity contribution in [2.24, 2.45) is 0 Å². The molecule has 1 aromatic carbocycles. The van der Waals surface area contributed by atoms with Gasteiger partial charge in [-0.1, -0.05) is 62.1 Å². The minimum Gasteiger partial charge on any atom is -0.404 e. The van der Waals surface area contributed by atoms with Crippen LogP contribution in [-0.2, 0) is 4.43 Å². The number of hydrogen-bond acceptors (Lipinski definition) is 1. The first-order chi connectivity index (χ1) is 9.11. The van der Waals surface area contributed by atoms with E-state index in [4.69, 9.17) is 4.43 Å². The SMILES string of the molecule is C[Si]1(C)OC2(C=C1c1ccccc1)CCCCCC2. The van der Waals surface area contributed by atoms with Crippen LogP contribution < -0.4 is 0 Å². The Balaban J connectivity index is 1.97. The zero-order valence-corrected chi connectivity index (χ0v) is 13.1. The molecule has 0 saturated heterocycles. The maximum atomic E-state index is 6.67. The van der Waals surface area contributed by atoms with Gasteiger partial charge in [-0.3, -0.25) is 0 Å². The predicted octanol–water partition coefficient (Wildman–Crippen LogP) is 4.94. The normalized spacial score (nSPS) is 25.1. The van der Waals surface area contributed by atoms with Gasteiger partial charge in [0.1, 0.15) is 0 Å². The van der Waals surface area contributed by atoms with Crippen LogP contribution in [-0.4, -0.2) is 13.9 Å². The van der Waals surface area contributed by atoms with E-state index >= 15 is 0 Å². The van der Waals surface area contributed by atoms with Gasteiger partial charge in [-0.15, -0.1) is 0 Å². The van der Waals surface area contributed by atoms with Crippen molar-refractivity contribution in [1.82, 2.24) is 0 Å². The Kier molecular flexibility index (Phi) is 3.40. The van der Waals surface area contributed by atoms with Gasteiger partial charge in [-0.05, 0) is 36.7 Å². The summed E-state index contributed by atoms with van der Waals surface area (Å²) >= 11 is 0. The van der Waals surface area contributed by atoms with Gasteiger partial charge in [0.05, 0.1) is 5.60 Å². The summed E-state index contributed by atoms with van der Waals surface area (Å²) in [5, 5.41) is 1.51. The molecule has 0 unspecified atom stereocenters. The third-order valence-corrected chi connectivity index (χ3v) is 7.20. The Morgan fingerprint density at radius 2 is 1.58 bits per heavy atom. The van der Waals surface area contributed by atoms with Crippen molar-refractivity contribution < 1.29 is 4.43 Å². The second kappa shape index (κ2) is 4.91. The summed E-state index contributed by atoms with van der Waals surface area (Å²) in [4.78, 5) is 0. The van der Waals surface area contributed by atoms with E-state index in [0.29, 0.717) is 0 Å². The molecule has 102 valence electrons. The Morgan fingerprint density at radius 1 is 0.947 bits per heavy atom. The van der Waals surface area contributed by atoms with Crippen molar-refractivity contribution in [3.63, 3.8) is 0 Å². The highest BCUT2D eigenvalue weighted by atomic mass is 28.4. The monoisotopic (exact) mass is 272 g/mol. The van der Waals surface area contributed by atoms with Gasteiger partial charge in [-0.25, -0.2) is 0 Å². The lowest BCUT2D eigenvalue weighted by molar-refractivity contribution is 0.107. The molecule has 3 rings (SSSR count). The van der Waals surface area contributed by atoms with Crippen LogP contribution >= 0.6 is 0 Å². The maximum absolute atomic E-state index is 6.67. The molecule has 2 heteroatoms. The topological polar surface area (TPSA) is 9.23 Å². The number of benzene rings is 1. The largest absolute Gasteiger partial charge is 0.404 e. The van der Waals surface area contributed by atoms with Crippen LogP contribution in [0.15, 0.2) is 36.4 Å². The molecule has 1 aliphatic carbocycles. The molecule has 0 radical (unpaired) electrons. The molecule has 19 heavy (non-hydrogen) atoms. The smallest absolute Gasteiger partial charge is 0.219 e. The van der Waals surface area contributed by atoms with Crippen molar-refractivity contribution in [2.75, 3.05) is 0 Å². The lowest BCUT2D eigenvalue weighted by Crippen LogP contribution is -2.37. The molecule has 0 amide bonds. The average Bonchev–Trinajstić information content (AvgIpc) is 2.53. The summed E-state index contributed by atoms with van der Waals surface area (Å²) in [6.07, 6.45) is 10.3. The first-order valence-electron chi connectivity index (χ1n) is 7.60. The zero-order valence-electron chi connectivity index (χ0n) is 12.1. The molecule has 1 nitrogen and oxygen atoms in total. The molecule has 2 aliphatic rings. The fourth-order valence-corrected chi connectivity index (χ4v) is 6.51. The summed E-state index contributed by atoms with van der Waals surface area (Å²) < 4.78 is 6.67. The summed E-state index contributed by atoms with van der Waals surface area (Å²) in [6, 6.07) is 10.8. The molecular formula is C17H24OSi. The second-order valence-corrected chi connectivity index (χ2v) is 10.3. The van der Waals surface area contributed by atoms with Crippen molar-refractivity contribution in [2.45, 2.75) is 57.2 Å². The third kappa shape index (κ3) is 2.56. The van der Waals surface area contributed by atoms with E-state index in [2.05, 4.69) is 49.5 Å². The van der Waals surface area contributed by atoms with Crippen LogP contribution in [0.5, 0.6) is 0 Å². The summed E-state index contributed by atoms with van der Waals surface area (Å²) in [6.45, 7) is 4.71. The Morgan fingerprint density at radius 3 is 2.21 bits per heavy atom. The van der Waals surface area contributed by atoms with Crippen LogP contribution in [0.1, 0.15) is 44.1 Å². The van der Waals surface area contributed by atoms with Crippen molar-refractivity contribution in [1.29, 1.82) is 0 Å². The van der Waals surface area contributed by atoms with Crippen LogP contribution in [0.2, 0.25) is 13.1 Å². The van der Waals surface area contributed by atoms with E-state index in [1.807, 2.05) is 0 Å². The number of hydrogen-bond donors (Lipinski definition) is 0. The Labute approximate surface area is 117 Å². The zero-order chi connectivity index (χ0) is 13.3. The average molecular weight is 272 g/mol. The van der Waals surface area contributed by atoms with E-state index in [9.17, 15) is 0 Å². The fraction of sp³-hybridized carbons (Fsp3) is 0.529. The van der Waals surface area contributed by atoms with Gasteiger partial charge in [0.2, 0.25) is 8.32 Å². The molecule has 0 bridgehead atoms. The number of rotatable bonds is 1. The molecule has 0 atom stereocenters. The summed E-state index contributed by atoms with van der Waals surface area (Å²) in [7, 11) is -1.73. The molecule has 1 fully saturated rings. The van der Waals surface area contributed by atoms with Gasteiger partial charge < -0.3 is 4.43 Å². The summed E-state index contributed by atoms with van der Waals surface area (Å²) in [5.41, 5.74) is 1.44. The highest BCUT2D eigenvalue weighted by Gasteiger charge is 2.46. The third-order valence-electron chi connectivity index (χ3n) is 4.55. The van der Waals surface area contributed by atoms with Crippen LogP contribution in [0.4, 0.5) is 0 Å². The van der Waals surface area contributed by atoms with Gasteiger partial charge in [0.25, 0.3) is 0 Å². The van der Waals surface area contributed by atoms with Gasteiger partial charge in [0, 0.05) is 0 Å². The van der Waals surface area contributed by atoms with Gasteiger partial charge >= 0.3 is 0 Å². The standard InChI is InChI=1S/C17H24OSi/c1-19(2)16(15-10-6-5-7-11-15)14-17(18-19)12-8-3-4-9-13-17/h5-7,10-11,14H,3-4,8-9,12-13H2,1-2H3. The summed E-state index contributed by atoms with van der Waals surface area (Å²) in [5.74, 6) is 0. The molecule has 1 aliphatic heterocycles. The first-order valence-corrected chi connectivity index (χ1v) is 10.5. The van der Waals surface area contributed by atoms with E-state index < -0.39 is 8.32 Å². The molecule has 1 heterocycles. The van der Waals surface area contributed by atoms with Crippen molar-refractivity contribution >= 4 is 13.5 Å². The lowest BCUT2D eigenvalue weighted by Gasteiger charge is -2.31. The van der Waals surface area contributed by atoms with Crippen molar-refractivity contribution in [3.05, 3.63) is 42.0 Å². The Hall–Kier alpha value is -0.863. The molecule has 1 saturated carbocycles. The van der Waals surface area contributed by atoms with E-state index in [1.54, 1.807) is 0 Å². The van der Waals surface area contributed by atoms with Crippen LogP contribution in [0.3, 0.4) is 0 Å². The first kappa shape index (κ1) is 13.1. The van der Waals surface area contributed by atoms with Crippen LogP contribution in [0, 0.1) is 0 Å². The molecular weight excluding hydrogens is 248 g/mol. The van der Waals surface area contributed by atoms with Gasteiger partial charge in [-0.2, -0.15) is 0 Å². The van der Waals surface area contributed by atoms with Crippen molar-refractivity contribution in [3.8, 4) is 0 Å². The van der Waals surface area contributed by atoms with E-state index in [1.165, 1.54) is 49.3 Å². The minimum atomic E-state index is -1.73. The quantitative estimate of drug-likeness (QED) is 0.658. The molecule has 0 aromatic heterocycles. The maximum Gasteiger partial charge on any atom is 0.219 e. The molecule has 1 aromatic rings. The van der Waals surface area contributed by atoms with E-state index in [-0.39, 0.29) is 5.60 Å². The van der Waals surface area contributed by atoms with Gasteiger partial charge in [0.15, 0.2) is 0 Å². The molecule has 1 spiro atoms. The van der Waals surface area contributed by atoms with E-state index in [0.717, 1.165) is 0 Å². The highest BCUT2D eigenvalue weighted by Crippen LogP contribution is 2.45. The predicted molar refractivity (Wildman–Crippen MR) is 83.4 cm³/mol. The Bertz CT molecular complexity index is 467. The fourth-order valence-electron chi connectivity index (χ4n) is 3.65. The second-order valence-electron chi connectivity index (χ2n) is 6.52.